The molecule has 2 aromatic carbocycles. The number of hydrogen-bond donors (Lipinski definition) is 3. The van der Waals surface area contributed by atoms with Crippen molar-refractivity contribution in [3.8, 4) is 0 Å². The van der Waals surface area contributed by atoms with Crippen molar-refractivity contribution in [2.75, 3.05) is 5.32 Å². The van der Waals surface area contributed by atoms with Crippen LogP contribution in [0.4, 0.5) is 5.69 Å². The van der Waals surface area contributed by atoms with Crippen LogP contribution in [-0.2, 0) is 11.2 Å². The van der Waals surface area contributed by atoms with Crippen molar-refractivity contribution in [1.82, 2.24) is 4.98 Å². The minimum Gasteiger partial charge on any atom is -0.366 e. The maximum Gasteiger partial charge on any atom is 0.250 e. The van der Waals surface area contributed by atoms with Gasteiger partial charge in [-0.25, -0.2) is 0 Å². The molecule has 0 aliphatic rings. The monoisotopic (exact) mass is 355 g/mol. The number of rotatable bonds is 4. The van der Waals surface area contributed by atoms with Crippen molar-refractivity contribution >= 4 is 40.0 Å². The minimum absolute atomic E-state index is 0.178. The van der Waals surface area contributed by atoms with Gasteiger partial charge in [0.05, 0.1) is 17.0 Å². The predicted octanol–water partition coefficient (Wildman–Crippen LogP) is 3.72. The number of aromatic amines is 1. The Morgan fingerprint density at radius 1 is 1.16 bits per heavy atom. The number of nitrogens with one attached hydrogen (secondary N) is 2. The van der Waals surface area contributed by atoms with E-state index in [0.717, 1.165) is 27.7 Å². The SMILES string of the molecule is Cc1ccc2[nH]c(C)c(CC(=O)Nc3ccc(Cl)c(C(N)=O)c3)c2c1. The van der Waals surface area contributed by atoms with Crippen LogP contribution in [-0.4, -0.2) is 16.8 Å². The molecule has 0 aliphatic heterocycles. The Morgan fingerprint density at radius 2 is 1.92 bits per heavy atom. The number of halogens is 1. The van der Waals surface area contributed by atoms with E-state index in [2.05, 4.69) is 16.4 Å². The largest absolute Gasteiger partial charge is 0.366 e. The number of carbonyl (C=O) groups excluding carboxylic acids is 2. The van der Waals surface area contributed by atoms with Gasteiger partial charge >= 0.3 is 0 Å². The normalized spacial score (nSPS) is 10.8. The van der Waals surface area contributed by atoms with E-state index in [9.17, 15) is 9.59 Å². The van der Waals surface area contributed by atoms with Gasteiger partial charge in [-0.15, -0.1) is 0 Å². The third kappa shape index (κ3) is 3.51. The first-order valence-corrected chi connectivity index (χ1v) is 8.20. The zero-order chi connectivity index (χ0) is 18.1. The Bertz CT molecular complexity index is 992. The van der Waals surface area contributed by atoms with E-state index >= 15 is 0 Å². The van der Waals surface area contributed by atoms with Gasteiger partial charge in [-0.3, -0.25) is 9.59 Å². The van der Waals surface area contributed by atoms with Gasteiger partial charge in [-0.05, 0) is 49.7 Å². The van der Waals surface area contributed by atoms with Crippen molar-refractivity contribution < 1.29 is 9.59 Å². The number of amides is 2. The van der Waals surface area contributed by atoms with Crippen LogP contribution in [0.2, 0.25) is 5.02 Å². The molecule has 0 unspecified atom stereocenters. The lowest BCUT2D eigenvalue weighted by molar-refractivity contribution is -0.115. The molecular formula is C19H18ClN3O2. The summed E-state index contributed by atoms with van der Waals surface area (Å²) in [5.74, 6) is -0.813. The van der Waals surface area contributed by atoms with Gasteiger partial charge in [0.2, 0.25) is 11.8 Å². The third-order valence-corrected chi connectivity index (χ3v) is 4.46. The van der Waals surface area contributed by atoms with E-state index < -0.39 is 5.91 Å². The number of carbonyl (C=O) groups is 2. The maximum atomic E-state index is 12.5. The highest BCUT2D eigenvalue weighted by Gasteiger charge is 2.14. The first-order valence-electron chi connectivity index (χ1n) is 7.82. The Morgan fingerprint density at radius 3 is 2.64 bits per heavy atom. The number of aromatic nitrogens is 1. The van der Waals surface area contributed by atoms with Crippen LogP contribution in [0.25, 0.3) is 10.9 Å². The molecule has 0 aliphatic carbocycles. The van der Waals surface area contributed by atoms with Crippen molar-refractivity contribution in [3.05, 3.63) is 63.8 Å². The van der Waals surface area contributed by atoms with Crippen LogP contribution < -0.4 is 11.1 Å². The second-order valence-electron chi connectivity index (χ2n) is 6.06. The van der Waals surface area contributed by atoms with Crippen LogP contribution >= 0.6 is 11.6 Å². The van der Waals surface area contributed by atoms with Crippen LogP contribution in [0.5, 0.6) is 0 Å². The minimum atomic E-state index is -0.635. The van der Waals surface area contributed by atoms with E-state index in [1.807, 2.05) is 26.0 Å². The van der Waals surface area contributed by atoms with Crippen LogP contribution in [0.1, 0.15) is 27.2 Å². The fourth-order valence-corrected chi connectivity index (χ4v) is 3.09. The fourth-order valence-electron chi connectivity index (χ4n) is 2.88. The molecule has 0 radical (unpaired) electrons. The number of primary amides is 1. The van der Waals surface area contributed by atoms with Gasteiger partial charge in [0.1, 0.15) is 0 Å². The summed E-state index contributed by atoms with van der Waals surface area (Å²) in [6.07, 6.45) is 0.226. The highest BCUT2D eigenvalue weighted by molar-refractivity contribution is 6.34. The molecule has 0 saturated carbocycles. The molecule has 0 fully saturated rings. The molecule has 3 aromatic rings. The number of fused-ring (bicyclic) bond motifs is 1. The Labute approximate surface area is 150 Å². The summed E-state index contributed by atoms with van der Waals surface area (Å²) in [6, 6.07) is 10.8. The lowest BCUT2D eigenvalue weighted by Crippen LogP contribution is -2.16. The maximum absolute atomic E-state index is 12.5. The number of aryl methyl sites for hydroxylation is 2. The quantitative estimate of drug-likeness (QED) is 0.666. The van der Waals surface area contributed by atoms with Crippen LogP contribution in [0, 0.1) is 13.8 Å². The molecule has 0 atom stereocenters. The molecule has 2 amide bonds. The smallest absolute Gasteiger partial charge is 0.250 e. The molecule has 0 spiro atoms. The Hall–Kier alpha value is -2.79. The zero-order valence-electron chi connectivity index (χ0n) is 13.9. The summed E-state index contributed by atoms with van der Waals surface area (Å²) < 4.78 is 0. The topological polar surface area (TPSA) is 88.0 Å². The number of nitrogens with two attached hydrogens (primary N) is 1. The van der Waals surface area contributed by atoms with Gasteiger partial charge in [-0.1, -0.05) is 23.2 Å². The Kier molecular flexibility index (Phi) is 4.51. The lowest BCUT2D eigenvalue weighted by Gasteiger charge is -2.08. The summed E-state index contributed by atoms with van der Waals surface area (Å²) in [5, 5.41) is 4.09. The van der Waals surface area contributed by atoms with E-state index in [0.29, 0.717) is 5.69 Å². The van der Waals surface area contributed by atoms with E-state index in [-0.39, 0.29) is 22.9 Å². The van der Waals surface area contributed by atoms with Crippen molar-refractivity contribution in [3.63, 3.8) is 0 Å². The molecule has 5 nitrogen and oxygen atoms in total. The van der Waals surface area contributed by atoms with Gasteiger partial charge in [0, 0.05) is 22.3 Å². The number of H-pyrrole nitrogens is 1. The van der Waals surface area contributed by atoms with Gasteiger partial charge in [0.25, 0.3) is 0 Å². The van der Waals surface area contributed by atoms with Gasteiger partial charge < -0.3 is 16.0 Å². The predicted molar refractivity (Wildman–Crippen MR) is 100 cm³/mol. The molecule has 1 aromatic heterocycles. The van der Waals surface area contributed by atoms with E-state index in [4.69, 9.17) is 17.3 Å². The average molecular weight is 356 g/mol. The van der Waals surface area contributed by atoms with Crippen LogP contribution in [0.15, 0.2) is 36.4 Å². The van der Waals surface area contributed by atoms with Gasteiger partial charge in [0.15, 0.2) is 0 Å². The zero-order valence-corrected chi connectivity index (χ0v) is 14.7. The number of anilines is 1. The second-order valence-corrected chi connectivity index (χ2v) is 6.47. The fraction of sp³-hybridized carbons (Fsp3) is 0.158. The van der Waals surface area contributed by atoms with E-state index in [1.54, 1.807) is 6.07 Å². The molecule has 1 heterocycles. The van der Waals surface area contributed by atoms with E-state index in [1.165, 1.54) is 12.1 Å². The molecule has 0 saturated heterocycles. The molecule has 0 bridgehead atoms. The summed E-state index contributed by atoms with van der Waals surface area (Å²) in [6.45, 7) is 3.97. The lowest BCUT2D eigenvalue weighted by atomic mass is 10.1. The van der Waals surface area contributed by atoms with Gasteiger partial charge in [-0.2, -0.15) is 0 Å². The van der Waals surface area contributed by atoms with Crippen molar-refractivity contribution in [2.24, 2.45) is 5.73 Å². The summed E-state index contributed by atoms with van der Waals surface area (Å²) in [5.41, 5.74) is 10.0. The highest BCUT2D eigenvalue weighted by atomic mass is 35.5. The summed E-state index contributed by atoms with van der Waals surface area (Å²) in [7, 11) is 0. The molecule has 128 valence electrons. The summed E-state index contributed by atoms with van der Waals surface area (Å²) >= 11 is 5.93. The van der Waals surface area contributed by atoms with Crippen molar-refractivity contribution in [2.45, 2.75) is 20.3 Å². The third-order valence-electron chi connectivity index (χ3n) is 4.13. The average Bonchev–Trinajstić information content (AvgIpc) is 2.84. The number of benzene rings is 2. The second kappa shape index (κ2) is 6.61. The highest BCUT2D eigenvalue weighted by Crippen LogP contribution is 2.25. The van der Waals surface area contributed by atoms with Crippen LogP contribution in [0.3, 0.4) is 0 Å². The molecular weight excluding hydrogens is 338 g/mol. The molecule has 6 heteroatoms. The standard InChI is InChI=1S/C19H18ClN3O2/c1-10-3-6-17-14(7-10)13(11(2)22-17)9-18(24)23-12-4-5-16(20)15(8-12)19(21)25/h3-8,22H,9H2,1-2H3,(H2,21,25)(H,23,24). The molecule has 3 rings (SSSR count). The van der Waals surface area contributed by atoms with Crippen molar-refractivity contribution in [1.29, 1.82) is 0 Å². The first-order chi connectivity index (χ1) is 11.8. The number of hydrogen-bond acceptors (Lipinski definition) is 2. The first kappa shape index (κ1) is 17.0. The molecule has 25 heavy (non-hydrogen) atoms. The Balaban J connectivity index is 1.84. The summed E-state index contributed by atoms with van der Waals surface area (Å²) in [4.78, 5) is 27.1. The molecule has 4 N–H and O–H groups in total.